The van der Waals surface area contributed by atoms with Crippen LogP contribution in [-0.2, 0) is 13.2 Å². The van der Waals surface area contributed by atoms with Crippen molar-refractivity contribution >= 4 is 22.6 Å². The van der Waals surface area contributed by atoms with Gasteiger partial charge < -0.3 is 19.0 Å². The summed E-state index contributed by atoms with van der Waals surface area (Å²) in [6.45, 7) is 0.296. The maximum atomic E-state index is 12.6. The second-order valence-corrected chi connectivity index (χ2v) is 7.17. The Kier molecular flexibility index (Phi) is 5.78. The fourth-order valence-electron chi connectivity index (χ4n) is 3.05. The van der Waals surface area contributed by atoms with Gasteiger partial charge in [0.2, 0.25) is 5.43 Å². The van der Waals surface area contributed by atoms with Crippen molar-refractivity contribution in [3.63, 3.8) is 0 Å². The molecule has 4 aromatic rings. The number of phenolic OH excluding ortho intramolecular Hbond substituents is 1. The quantitative estimate of drug-likeness (QED) is 0.450. The molecule has 0 saturated heterocycles. The molecule has 1 N–H and O–H groups in total. The molecular formula is C24H16ClNO5. The van der Waals surface area contributed by atoms with Crippen LogP contribution in [0.15, 0.2) is 75.9 Å². The highest BCUT2D eigenvalue weighted by molar-refractivity contribution is 6.30. The van der Waals surface area contributed by atoms with Gasteiger partial charge >= 0.3 is 0 Å². The van der Waals surface area contributed by atoms with E-state index in [1.807, 2.05) is 6.07 Å². The average Bonchev–Trinajstić information content (AvgIpc) is 2.77. The summed E-state index contributed by atoms with van der Waals surface area (Å²) in [4.78, 5) is 12.6. The van der Waals surface area contributed by atoms with E-state index in [9.17, 15) is 9.90 Å². The van der Waals surface area contributed by atoms with Gasteiger partial charge in [0.25, 0.3) is 5.95 Å². The Hall–Kier alpha value is -3.95. The largest absolute Gasteiger partial charge is 0.504 e. The van der Waals surface area contributed by atoms with Gasteiger partial charge in [-0.2, -0.15) is 5.26 Å². The number of hydrogen-bond donors (Lipinski definition) is 1. The van der Waals surface area contributed by atoms with E-state index in [-0.39, 0.29) is 41.6 Å². The van der Waals surface area contributed by atoms with Crippen LogP contribution in [-0.4, -0.2) is 5.11 Å². The van der Waals surface area contributed by atoms with Crippen molar-refractivity contribution in [1.82, 2.24) is 0 Å². The first kappa shape index (κ1) is 20.3. The number of aromatic hydroxyl groups is 1. The van der Waals surface area contributed by atoms with Gasteiger partial charge in [0.15, 0.2) is 11.5 Å². The van der Waals surface area contributed by atoms with Gasteiger partial charge in [-0.05, 0) is 47.5 Å². The third-order valence-electron chi connectivity index (χ3n) is 4.53. The van der Waals surface area contributed by atoms with Crippen LogP contribution < -0.4 is 14.9 Å². The molecule has 0 amide bonds. The lowest BCUT2D eigenvalue weighted by Gasteiger charge is -2.11. The summed E-state index contributed by atoms with van der Waals surface area (Å²) in [6.07, 6.45) is 0. The third-order valence-corrected chi connectivity index (χ3v) is 4.76. The van der Waals surface area contributed by atoms with Crippen LogP contribution in [0.1, 0.15) is 16.7 Å². The number of phenols is 1. The number of rotatable bonds is 6. The number of halogens is 1. The molecule has 3 aromatic carbocycles. The van der Waals surface area contributed by atoms with Gasteiger partial charge in [-0.15, -0.1) is 0 Å². The minimum Gasteiger partial charge on any atom is -0.504 e. The SMILES string of the molecule is N#Cc1cccc(COc2cc(=O)c3c(O)c(OCc4cccc(Cl)c4)ccc3o2)c1. The van der Waals surface area contributed by atoms with E-state index in [4.69, 9.17) is 30.8 Å². The predicted octanol–water partition coefficient (Wildman–Crippen LogP) is 5.18. The van der Waals surface area contributed by atoms with E-state index in [2.05, 4.69) is 6.07 Å². The van der Waals surface area contributed by atoms with Crippen molar-refractivity contribution in [2.24, 2.45) is 0 Å². The Morgan fingerprint density at radius 2 is 1.71 bits per heavy atom. The van der Waals surface area contributed by atoms with Crippen molar-refractivity contribution in [3.05, 3.63) is 98.7 Å². The molecule has 6 nitrogen and oxygen atoms in total. The van der Waals surface area contributed by atoms with Gasteiger partial charge in [0.1, 0.15) is 24.2 Å². The normalized spacial score (nSPS) is 10.6. The molecule has 0 aliphatic rings. The number of benzene rings is 3. The Balaban J connectivity index is 1.54. The molecule has 154 valence electrons. The predicted molar refractivity (Wildman–Crippen MR) is 115 cm³/mol. The van der Waals surface area contributed by atoms with Crippen LogP contribution in [0.3, 0.4) is 0 Å². The van der Waals surface area contributed by atoms with Crippen LogP contribution in [0.4, 0.5) is 0 Å². The molecule has 1 heterocycles. The summed E-state index contributed by atoms with van der Waals surface area (Å²) >= 11 is 5.97. The van der Waals surface area contributed by atoms with Gasteiger partial charge in [-0.3, -0.25) is 4.79 Å². The topological polar surface area (TPSA) is 92.7 Å². The van der Waals surface area contributed by atoms with Crippen LogP contribution >= 0.6 is 11.6 Å². The van der Waals surface area contributed by atoms with Crippen LogP contribution in [0.25, 0.3) is 11.0 Å². The minimum atomic E-state index is -0.465. The van der Waals surface area contributed by atoms with E-state index in [0.717, 1.165) is 17.2 Å². The molecule has 0 unspecified atom stereocenters. The molecule has 0 spiro atoms. The first-order valence-electron chi connectivity index (χ1n) is 9.32. The van der Waals surface area contributed by atoms with E-state index in [1.54, 1.807) is 42.5 Å². The number of nitrogens with zero attached hydrogens (tertiary/aromatic N) is 1. The van der Waals surface area contributed by atoms with Gasteiger partial charge in [-0.1, -0.05) is 35.9 Å². The fraction of sp³-hybridized carbons (Fsp3) is 0.0833. The van der Waals surface area contributed by atoms with Crippen molar-refractivity contribution in [2.45, 2.75) is 13.2 Å². The number of nitriles is 1. The highest BCUT2D eigenvalue weighted by atomic mass is 35.5. The molecule has 0 fully saturated rings. The zero-order valence-corrected chi connectivity index (χ0v) is 16.9. The van der Waals surface area contributed by atoms with Crippen molar-refractivity contribution < 1.29 is 19.0 Å². The summed E-state index contributed by atoms with van der Waals surface area (Å²) < 4.78 is 16.8. The lowest BCUT2D eigenvalue weighted by molar-refractivity contribution is 0.235. The number of fused-ring (bicyclic) bond motifs is 1. The molecule has 4 rings (SSSR count). The molecule has 7 heteroatoms. The Morgan fingerprint density at radius 3 is 2.48 bits per heavy atom. The smallest absolute Gasteiger partial charge is 0.289 e. The van der Waals surface area contributed by atoms with Crippen LogP contribution in [0.5, 0.6) is 17.4 Å². The van der Waals surface area contributed by atoms with Crippen molar-refractivity contribution in [1.29, 1.82) is 5.26 Å². The molecule has 0 radical (unpaired) electrons. The summed E-state index contributed by atoms with van der Waals surface area (Å²) in [6, 6.07) is 20.4. The molecule has 0 atom stereocenters. The maximum absolute atomic E-state index is 12.6. The standard InChI is InChI=1S/C24H16ClNO5/c25-18-6-2-5-17(10-18)13-29-21-8-7-20-23(24(21)28)19(27)11-22(31-20)30-14-16-4-1-3-15(9-16)12-26/h1-11,28H,13-14H2. The summed E-state index contributed by atoms with van der Waals surface area (Å²) in [5, 5.41) is 20.1. The van der Waals surface area contributed by atoms with Gasteiger partial charge in [0, 0.05) is 5.02 Å². The third kappa shape index (κ3) is 4.63. The van der Waals surface area contributed by atoms with Gasteiger partial charge in [-0.25, -0.2) is 0 Å². The zero-order chi connectivity index (χ0) is 21.8. The lowest BCUT2D eigenvalue weighted by Crippen LogP contribution is -2.04. The van der Waals surface area contributed by atoms with Gasteiger partial charge in [0.05, 0.1) is 17.7 Å². The van der Waals surface area contributed by atoms with E-state index in [1.165, 1.54) is 12.1 Å². The zero-order valence-electron chi connectivity index (χ0n) is 16.2. The molecular weight excluding hydrogens is 418 g/mol. The van der Waals surface area contributed by atoms with Crippen LogP contribution in [0.2, 0.25) is 5.02 Å². The first-order chi connectivity index (χ1) is 15.0. The number of ether oxygens (including phenoxy) is 2. The van der Waals surface area contributed by atoms with Crippen molar-refractivity contribution in [3.8, 4) is 23.5 Å². The summed E-state index contributed by atoms with van der Waals surface area (Å²) in [7, 11) is 0. The molecule has 0 bridgehead atoms. The van der Waals surface area contributed by atoms with E-state index >= 15 is 0 Å². The molecule has 0 aliphatic heterocycles. The molecule has 0 aliphatic carbocycles. The Morgan fingerprint density at radius 1 is 0.968 bits per heavy atom. The molecule has 0 saturated carbocycles. The minimum absolute atomic E-state index is 0.00224. The lowest BCUT2D eigenvalue weighted by atomic mass is 10.1. The number of hydrogen-bond acceptors (Lipinski definition) is 6. The highest BCUT2D eigenvalue weighted by Gasteiger charge is 2.15. The van der Waals surface area contributed by atoms with Crippen LogP contribution in [0, 0.1) is 11.3 Å². The van der Waals surface area contributed by atoms with E-state index < -0.39 is 5.43 Å². The highest BCUT2D eigenvalue weighted by Crippen LogP contribution is 2.34. The monoisotopic (exact) mass is 433 g/mol. The Bertz CT molecular complexity index is 1360. The second-order valence-electron chi connectivity index (χ2n) is 6.73. The average molecular weight is 434 g/mol. The Labute approximate surface area is 182 Å². The molecule has 1 aromatic heterocycles. The molecule has 31 heavy (non-hydrogen) atoms. The second kappa shape index (κ2) is 8.82. The maximum Gasteiger partial charge on any atom is 0.289 e. The summed E-state index contributed by atoms with van der Waals surface area (Å²) in [5.74, 6) is -0.143. The van der Waals surface area contributed by atoms with Crippen molar-refractivity contribution in [2.75, 3.05) is 0 Å². The van der Waals surface area contributed by atoms with E-state index in [0.29, 0.717) is 10.6 Å². The first-order valence-corrected chi connectivity index (χ1v) is 9.70. The fourth-order valence-corrected chi connectivity index (χ4v) is 3.27. The summed E-state index contributed by atoms with van der Waals surface area (Å²) in [5.41, 5.74) is 1.79.